The first-order valence-corrected chi connectivity index (χ1v) is 6.79. The van der Waals surface area contributed by atoms with Crippen LogP contribution in [0, 0.1) is 0 Å². The quantitative estimate of drug-likeness (QED) is 0.877. The van der Waals surface area contributed by atoms with E-state index in [-0.39, 0.29) is 6.04 Å². The number of rotatable bonds is 4. The van der Waals surface area contributed by atoms with E-state index in [4.69, 9.17) is 22.1 Å². The van der Waals surface area contributed by atoms with Crippen LogP contribution in [-0.2, 0) is 6.42 Å². The maximum absolute atomic E-state index is 6.22. The lowest BCUT2D eigenvalue weighted by molar-refractivity contribution is 0.482. The lowest BCUT2D eigenvalue weighted by Gasteiger charge is -2.11. The fourth-order valence-electron chi connectivity index (χ4n) is 1.84. The van der Waals surface area contributed by atoms with Gasteiger partial charge in [-0.05, 0) is 48.7 Å². The molecule has 19 heavy (non-hydrogen) atoms. The number of nitrogens with two attached hydrogens (primary N) is 1. The van der Waals surface area contributed by atoms with Crippen molar-refractivity contribution < 1.29 is 4.74 Å². The third-order valence-electron chi connectivity index (χ3n) is 3.02. The van der Waals surface area contributed by atoms with E-state index in [9.17, 15) is 0 Å². The maximum atomic E-state index is 6.22. The topological polar surface area (TPSA) is 35.2 Å². The monoisotopic (exact) mass is 275 g/mol. The van der Waals surface area contributed by atoms with Crippen LogP contribution >= 0.6 is 11.6 Å². The molecule has 0 aliphatic carbocycles. The van der Waals surface area contributed by atoms with Crippen molar-refractivity contribution in [3.05, 3.63) is 58.6 Å². The summed E-state index contributed by atoms with van der Waals surface area (Å²) < 4.78 is 5.81. The summed E-state index contributed by atoms with van der Waals surface area (Å²) in [6.07, 6.45) is 0.981. The van der Waals surface area contributed by atoms with E-state index in [1.165, 1.54) is 5.56 Å². The second kappa shape index (κ2) is 6.09. The largest absolute Gasteiger partial charge is 0.456 e. The summed E-state index contributed by atoms with van der Waals surface area (Å²) in [5.41, 5.74) is 8.06. The lowest BCUT2D eigenvalue weighted by atomic mass is 10.1. The van der Waals surface area contributed by atoms with Gasteiger partial charge in [0.05, 0.1) is 5.02 Å². The number of hydrogen-bond donors (Lipinski definition) is 1. The van der Waals surface area contributed by atoms with Crippen LogP contribution in [0.4, 0.5) is 0 Å². The smallest absolute Gasteiger partial charge is 0.146 e. The van der Waals surface area contributed by atoms with Crippen LogP contribution in [-0.4, -0.2) is 0 Å². The Labute approximate surface area is 119 Å². The van der Waals surface area contributed by atoms with Gasteiger partial charge in [0.15, 0.2) is 0 Å². The fourth-order valence-corrected chi connectivity index (χ4v) is 2.07. The molecular formula is C16H18ClNO. The predicted octanol–water partition coefficient (Wildman–Crippen LogP) is 4.71. The lowest BCUT2D eigenvalue weighted by Crippen LogP contribution is -2.04. The molecule has 100 valence electrons. The molecule has 2 N–H and O–H groups in total. The number of hydrogen-bond acceptors (Lipinski definition) is 2. The molecule has 0 radical (unpaired) electrons. The Morgan fingerprint density at radius 2 is 2.00 bits per heavy atom. The SMILES string of the molecule is CCc1cccc(Oc2ccc([C@@H](C)N)cc2Cl)c1. The molecule has 0 fully saturated rings. The Kier molecular flexibility index (Phi) is 4.46. The zero-order chi connectivity index (χ0) is 13.8. The van der Waals surface area contributed by atoms with Crippen LogP contribution in [0.1, 0.15) is 31.0 Å². The van der Waals surface area contributed by atoms with Crippen LogP contribution in [0.3, 0.4) is 0 Å². The van der Waals surface area contributed by atoms with Crippen molar-refractivity contribution in [2.45, 2.75) is 26.3 Å². The number of aryl methyl sites for hydroxylation is 1. The van der Waals surface area contributed by atoms with E-state index >= 15 is 0 Å². The van der Waals surface area contributed by atoms with Crippen molar-refractivity contribution in [1.29, 1.82) is 0 Å². The molecule has 2 rings (SSSR count). The van der Waals surface area contributed by atoms with Crippen molar-refractivity contribution in [1.82, 2.24) is 0 Å². The molecule has 0 aromatic heterocycles. The van der Waals surface area contributed by atoms with Crippen LogP contribution in [0.15, 0.2) is 42.5 Å². The molecule has 0 saturated heterocycles. The van der Waals surface area contributed by atoms with Crippen molar-refractivity contribution in [3.8, 4) is 11.5 Å². The first-order valence-electron chi connectivity index (χ1n) is 6.42. The highest BCUT2D eigenvalue weighted by atomic mass is 35.5. The molecule has 0 heterocycles. The normalized spacial score (nSPS) is 12.2. The zero-order valence-corrected chi connectivity index (χ0v) is 11.9. The summed E-state index contributed by atoms with van der Waals surface area (Å²) in [6.45, 7) is 4.04. The second-order valence-electron chi connectivity index (χ2n) is 4.58. The minimum Gasteiger partial charge on any atom is -0.456 e. The molecule has 0 unspecified atom stereocenters. The highest BCUT2D eigenvalue weighted by Gasteiger charge is 2.07. The van der Waals surface area contributed by atoms with Crippen LogP contribution < -0.4 is 10.5 Å². The Hall–Kier alpha value is -1.51. The van der Waals surface area contributed by atoms with Crippen molar-refractivity contribution >= 4 is 11.6 Å². The molecule has 0 spiro atoms. The molecule has 1 atom stereocenters. The highest BCUT2D eigenvalue weighted by Crippen LogP contribution is 2.31. The molecule has 2 nitrogen and oxygen atoms in total. The van der Waals surface area contributed by atoms with Gasteiger partial charge in [0.25, 0.3) is 0 Å². The molecule has 3 heteroatoms. The molecule has 2 aromatic rings. The third kappa shape index (κ3) is 3.49. The molecule has 0 aliphatic rings. The molecular weight excluding hydrogens is 258 g/mol. The molecule has 0 saturated carbocycles. The number of halogens is 1. The molecule has 0 aliphatic heterocycles. The van der Waals surface area contributed by atoms with Crippen molar-refractivity contribution in [2.75, 3.05) is 0 Å². The van der Waals surface area contributed by atoms with Gasteiger partial charge in [-0.25, -0.2) is 0 Å². The van der Waals surface area contributed by atoms with Gasteiger partial charge in [-0.2, -0.15) is 0 Å². The highest BCUT2D eigenvalue weighted by molar-refractivity contribution is 6.32. The Morgan fingerprint density at radius 1 is 1.21 bits per heavy atom. The zero-order valence-electron chi connectivity index (χ0n) is 11.2. The Morgan fingerprint density at radius 3 is 2.63 bits per heavy atom. The van der Waals surface area contributed by atoms with E-state index in [1.54, 1.807) is 0 Å². The third-order valence-corrected chi connectivity index (χ3v) is 3.31. The Balaban J connectivity index is 2.23. The van der Waals surface area contributed by atoms with E-state index in [1.807, 2.05) is 43.3 Å². The number of benzene rings is 2. The van der Waals surface area contributed by atoms with Gasteiger partial charge >= 0.3 is 0 Å². The van der Waals surface area contributed by atoms with Crippen LogP contribution in [0.2, 0.25) is 5.02 Å². The first kappa shape index (κ1) is 13.9. The Bertz CT molecular complexity index is 566. The van der Waals surface area contributed by atoms with E-state index in [0.717, 1.165) is 17.7 Å². The van der Waals surface area contributed by atoms with Crippen molar-refractivity contribution in [2.24, 2.45) is 5.73 Å². The van der Waals surface area contributed by atoms with Gasteiger partial charge in [0.1, 0.15) is 11.5 Å². The summed E-state index contributed by atoms with van der Waals surface area (Å²) in [5, 5.41) is 0.580. The predicted molar refractivity (Wildman–Crippen MR) is 79.9 cm³/mol. The summed E-state index contributed by atoms with van der Waals surface area (Å²) >= 11 is 6.22. The summed E-state index contributed by atoms with van der Waals surface area (Å²) in [5.74, 6) is 1.45. The first-order chi connectivity index (χ1) is 9.10. The minimum atomic E-state index is -0.0324. The minimum absolute atomic E-state index is 0.0324. The van der Waals surface area contributed by atoms with Gasteiger partial charge in [0, 0.05) is 6.04 Å². The van der Waals surface area contributed by atoms with Crippen LogP contribution in [0.5, 0.6) is 11.5 Å². The van der Waals surface area contributed by atoms with Gasteiger partial charge in [-0.15, -0.1) is 0 Å². The molecule has 0 amide bonds. The van der Waals surface area contributed by atoms with E-state index in [0.29, 0.717) is 10.8 Å². The standard InChI is InChI=1S/C16H18ClNO/c1-3-12-5-4-6-14(9-12)19-16-8-7-13(11(2)18)10-15(16)17/h4-11H,3,18H2,1-2H3/t11-/m1/s1. The van der Waals surface area contributed by atoms with Gasteiger partial charge in [-0.3, -0.25) is 0 Å². The van der Waals surface area contributed by atoms with Gasteiger partial charge in [0.2, 0.25) is 0 Å². The van der Waals surface area contributed by atoms with Crippen molar-refractivity contribution in [3.63, 3.8) is 0 Å². The molecule has 2 aromatic carbocycles. The summed E-state index contributed by atoms with van der Waals surface area (Å²) in [6, 6.07) is 13.6. The molecule has 0 bridgehead atoms. The van der Waals surface area contributed by atoms with E-state index < -0.39 is 0 Å². The maximum Gasteiger partial charge on any atom is 0.146 e. The fraction of sp³-hybridized carbons (Fsp3) is 0.250. The average molecular weight is 276 g/mol. The van der Waals surface area contributed by atoms with Gasteiger partial charge < -0.3 is 10.5 Å². The van der Waals surface area contributed by atoms with E-state index in [2.05, 4.69) is 13.0 Å². The van der Waals surface area contributed by atoms with Gasteiger partial charge in [-0.1, -0.05) is 36.7 Å². The second-order valence-corrected chi connectivity index (χ2v) is 4.99. The summed E-state index contributed by atoms with van der Waals surface area (Å²) in [7, 11) is 0. The average Bonchev–Trinajstić information content (AvgIpc) is 2.41. The van der Waals surface area contributed by atoms with Crippen LogP contribution in [0.25, 0.3) is 0 Å². The number of ether oxygens (including phenoxy) is 1. The summed E-state index contributed by atoms with van der Waals surface area (Å²) in [4.78, 5) is 0.